The lowest BCUT2D eigenvalue weighted by Crippen LogP contribution is -2.38. The van der Waals surface area contributed by atoms with Gasteiger partial charge in [-0.05, 0) is 70.6 Å². The molecule has 1 saturated heterocycles. The Kier molecular flexibility index (Phi) is 6.66. The summed E-state index contributed by atoms with van der Waals surface area (Å²) >= 11 is 0. The van der Waals surface area contributed by atoms with Gasteiger partial charge in [0.25, 0.3) is 0 Å². The van der Waals surface area contributed by atoms with Crippen molar-refractivity contribution in [2.45, 2.75) is 70.8 Å². The van der Waals surface area contributed by atoms with Crippen molar-refractivity contribution in [1.29, 1.82) is 0 Å². The first-order chi connectivity index (χ1) is 9.25. The molecule has 112 valence electrons. The molecule has 2 heteroatoms. The number of likely N-dealkylation sites (tertiary alicyclic amines) is 1. The number of hydrogen-bond donors (Lipinski definition) is 1. The minimum absolute atomic E-state index is 0.843. The van der Waals surface area contributed by atoms with Crippen molar-refractivity contribution in [2.75, 3.05) is 26.7 Å². The van der Waals surface area contributed by atoms with E-state index in [-0.39, 0.29) is 0 Å². The quantitative estimate of drug-likeness (QED) is 0.738. The summed E-state index contributed by atoms with van der Waals surface area (Å²) in [4.78, 5) is 2.56. The number of nitrogens with one attached hydrogen (secondary N) is 1. The lowest BCUT2D eigenvalue weighted by Gasteiger charge is -2.32. The Labute approximate surface area is 120 Å². The molecule has 0 aromatic carbocycles. The van der Waals surface area contributed by atoms with Crippen LogP contribution in [0.5, 0.6) is 0 Å². The van der Waals surface area contributed by atoms with Crippen LogP contribution in [-0.4, -0.2) is 37.6 Å². The summed E-state index contributed by atoms with van der Waals surface area (Å²) in [6, 6.07) is 0.843. The standard InChI is InChI=1S/C17H34N2/c1-15-6-5-7-16(14-15)9-11-18-12-10-17-8-3-4-13-19(17)2/h15-18H,3-14H2,1-2H3. The molecule has 2 aliphatic rings. The van der Waals surface area contributed by atoms with Gasteiger partial charge in [-0.3, -0.25) is 0 Å². The SMILES string of the molecule is CC1CCCC(CCNCCC2CCCCN2C)C1. The van der Waals surface area contributed by atoms with Gasteiger partial charge in [-0.25, -0.2) is 0 Å². The highest BCUT2D eigenvalue weighted by Gasteiger charge is 2.19. The summed E-state index contributed by atoms with van der Waals surface area (Å²) in [5.41, 5.74) is 0. The molecule has 0 radical (unpaired) electrons. The van der Waals surface area contributed by atoms with E-state index in [4.69, 9.17) is 0 Å². The second-order valence-electron chi connectivity index (χ2n) is 7.10. The summed E-state index contributed by atoms with van der Waals surface area (Å²) in [5, 5.41) is 3.69. The van der Waals surface area contributed by atoms with E-state index in [2.05, 4.69) is 24.2 Å². The lowest BCUT2D eigenvalue weighted by atomic mass is 9.81. The fourth-order valence-electron chi connectivity index (χ4n) is 4.03. The monoisotopic (exact) mass is 266 g/mol. The molecule has 1 N–H and O–H groups in total. The Bertz CT molecular complexity index is 241. The molecule has 0 spiro atoms. The Morgan fingerprint density at radius 1 is 1.00 bits per heavy atom. The number of nitrogens with zero attached hydrogens (tertiary/aromatic N) is 1. The van der Waals surface area contributed by atoms with E-state index in [0.717, 1.165) is 17.9 Å². The normalized spacial score (nSPS) is 33.5. The van der Waals surface area contributed by atoms with Crippen LogP contribution in [0.3, 0.4) is 0 Å². The summed E-state index contributed by atoms with van der Waals surface area (Å²) < 4.78 is 0. The van der Waals surface area contributed by atoms with Crippen LogP contribution in [0, 0.1) is 11.8 Å². The first-order valence-electron chi connectivity index (χ1n) is 8.66. The first kappa shape index (κ1) is 15.3. The highest BCUT2D eigenvalue weighted by Crippen LogP contribution is 2.30. The zero-order valence-electron chi connectivity index (χ0n) is 13.2. The van der Waals surface area contributed by atoms with Gasteiger partial charge in [0.2, 0.25) is 0 Å². The average Bonchev–Trinajstić information content (AvgIpc) is 2.40. The van der Waals surface area contributed by atoms with Crippen LogP contribution >= 0.6 is 0 Å². The van der Waals surface area contributed by atoms with Gasteiger partial charge in [0.05, 0.1) is 0 Å². The Hall–Kier alpha value is -0.0800. The van der Waals surface area contributed by atoms with Crippen molar-refractivity contribution in [3.05, 3.63) is 0 Å². The molecule has 1 aliphatic heterocycles. The molecule has 0 aromatic heterocycles. The van der Waals surface area contributed by atoms with Gasteiger partial charge in [0.1, 0.15) is 0 Å². The third kappa shape index (κ3) is 5.43. The maximum absolute atomic E-state index is 3.69. The Balaban J connectivity index is 1.49. The molecule has 2 nitrogen and oxygen atoms in total. The zero-order valence-corrected chi connectivity index (χ0v) is 13.2. The van der Waals surface area contributed by atoms with E-state index in [1.54, 1.807) is 0 Å². The van der Waals surface area contributed by atoms with Crippen LogP contribution < -0.4 is 5.32 Å². The summed E-state index contributed by atoms with van der Waals surface area (Å²) in [6.07, 6.45) is 12.9. The van der Waals surface area contributed by atoms with E-state index in [9.17, 15) is 0 Å². The third-order valence-corrected chi connectivity index (χ3v) is 5.35. The molecule has 0 bridgehead atoms. The molecule has 1 saturated carbocycles. The van der Waals surface area contributed by atoms with Crippen LogP contribution in [0.2, 0.25) is 0 Å². The highest BCUT2D eigenvalue weighted by molar-refractivity contribution is 4.75. The molecule has 3 unspecified atom stereocenters. The molecular formula is C17H34N2. The maximum atomic E-state index is 3.69. The highest BCUT2D eigenvalue weighted by atomic mass is 15.1. The molecule has 1 heterocycles. The topological polar surface area (TPSA) is 15.3 Å². The van der Waals surface area contributed by atoms with Gasteiger partial charge in [-0.15, -0.1) is 0 Å². The van der Waals surface area contributed by atoms with E-state index >= 15 is 0 Å². The van der Waals surface area contributed by atoms with Gasteiger partial charge >= 0.3 is 0 Å². The van der Waals surface area contributed by atoms with E-state index in [0.29, 0.717) is 0 Å². The first-order valence-corrected chi connectivity index (χ1v) is 8.66. The minimum atomic E-state index is 0.843. The van der Waals surface area contributed by atoms with Gasteiger partial charge in [-0.1, -0.05) is 32.6 Å². The second-order valence-corrected chi connectivity index (χ2v) is 7.10. The van der Waals surface area contributed by atoms with Gasteiger partial charge < -0.3 is 10.2 Å². The van der Waals surface area contributed by atoms with Crippen LogP contribution in [0.4, 0.5) is 0 Å². The van der Waals surface area contributed by atoms with Crippen molar-refractivity contribution >= 4 is 0 Å². The van der Waals surface area contributed by atoms with Crippen molar-refractivity contribution in [3.63, 3.8) is 0 Å². The fraction of sp³-hybridized carbons (Fsp3) is 1.00. The largest absolute Gasteiger partial charge is 0.317 e. The second kappa shape index (κ2) is 8.26. The zero-order chi connectivity index (χ0) is 13.5. The van der Waals surface area contributed by atoms with Crippen molar-refractivity contribution < 1.29 is 0 Å². The lowest BCUT2D eigenvalue weighted by molar-refractivity contribution is 0.175. The molecule has 0 amide bonds. The van der Waals surface area contributed by atoms with Crippen molar-refractivity contribution in [3.8, 4) is 0 Å². The smallest absolute Gasteiger partial charge is 0.0104 e. The number of hydrogen-bond acceptors (Lipinski definition) is 2. The van der Waals surface area contributed by atoms with Crippen LogP contribution in [0.15, 0.2) is 0 Å². The van der Waals surface area contributed by atoms with Gasteiger partial charge in [0, 0.05) is 6.04 Å². The molecule has 2 fully saturated rings. The van der Waals surface area contributed by atoms with Crippen molar-refractivity contribution in [1.82, 2.24) is 10.2 Å². The molecule has 1 aliphatic carbocycles. The molecule has 19 heavy (non-hydrogen) atoms. The average molecular weight is 266 g/mol. The van der Waals surface area contributed by atoms with Crippen LogP contribution in [0.1, 0.15) is 64.7 Å². The molecule has 3 atom stereocenters. The minimum Gasteiger partial charge on any atom is -0.317 e. The Morgan fingerprint density at radius 3 is 2.63 bits per heavy atom. The van der Waals surface area contributed by atoms with E-state index < -0.39 is 0 Å². The van der Waals surface area contributed by atoms with E-state index in [1.807, 2.05) is 0 Å². The number of piperidine rings is 1. The summed E-state index contributed by atoms with van der Waals surface area (Å²) in [7, 11) is 2.30. The third-order valence-electron chi connectivity index (χ3n) is 5.35. The van der Waals surface area contributed by atoms with E-state index in [1.165, 1.54) is 77.4 Å². The maximum Gasteiger partial charge on any atom is 0.0104 e. The predicted molar refractivity (Wildman–Crippen MR) is 83.5 cm³/mol. The number of rotatable bonds is 6. The van der Waals surface area contributed by atoms with Crippen LogP contribution in [0.25, 0.3) is 0 Å². The molecular weight excluding hydrogens is 232 g/mol. The Morgan fingerprint density at radius 2 is 1.84 bits per heavy atom. The van der Waals surface area contributed by atoms with Crippen LogP contribution in [-0.2, 0) is 0 Å². The summed E-state index contributed by atoms with van der Waals surface area (Å²) in [6.45, 7) is 6.20. The van der Waals surface area contributed by atoms with Gasteiger partial charge in [0.15, 0.2) is 0 Å². The van der Waals surface area contributed by atoms with Crippen molar-refractivity contribution in [2.24, 2.45) is 11.8 Å². The molecule has 0 aromatic rings. The fourth-order valence-corrected chi connectivity index (χ4v) is 4.03. The summed E-state index contributed by atoms with van der Waals surface area (Å²) in [5.74, 6) is 1.99. The van der Waals surface area contributed by atoms with Gasteiger partial charge in [-0.2, -0.15) is 0 Å². The predicted octanol–water partition coefficient (Wildman–Crippen LogP) is 3.67. The molecule has 2 rings (SSSR count).